The average molecular weight is 140 g/mol. The van der Waals surface area contributed by atoms with Crippen LogP contribution in [-0.2, 0) is 4.74 Å². The smallest absolute Gasteiger partial charge is 0.0831 e. The fraction of sp³-hybridized carbons (Fsp3) is 0.778. The van der Waals surface area contributed by atoms with Crippen LogP contribution in [0, 0.1) is 0 Å². The van der Waals surface area contributed by atoms with E-state index < -0.39 is 0 Å². The Morgan fingerprint density at radius 2 is 2.20 bits per heavy atom. The summed E-state index contributed by atoms with van der Waals surface area (Å²) in [5.74, 6) is 0. The van der Waals surface area contributed by atoms with Gasteiger partial charge in [-0.1, -0.05) is 6.08 Å². The molecule has 0 aromatic rings. The van der Waals surface area contributed by atoms with Crippen LogP contribution in [0.2, 0.25) is 0 Å². The zero-order valence-corrected chi connectivity index (χ0v) is 7.11. The Kier molecular flexibility index (Phi) is 2.14. The largest absolute Gasteiger partial charge is 0.374 e. The summed E-state index contributed by atoms with van der Waals surface area (Å²) in [7, 11) is 1.78. The van der Waals surface area contributed by atoms with Crippen LogP contribution < -0.4 is 0 Å². The van der Waals surface area contributed by atoms with Gasteiger partial charge in [-0.2, -0.15) is 0 Å². The molecule has 1 nitrogen and oxygen atoms in total. The molecule has 0 unspecified atom stereocenters. The fourth-order valence-electron chi connectivity index (χ4n) is 1.35. The molecule has 0 saturated carbocycles. The summed E-state index contributed by atoms with van der Waals surface area (Å²) in [6.45, 7) is 4.26. The van der Waals surface area contributed by atoms with E-state index >= 15 is 0 Å². The predicted molar refractivity (Wildman–Crippen MR) is 43.0 cm³/mol. The third kappa shape index (κ3) is 1.40. The Hall–Kier alpha value is -0.300. The molecule has 0 atom stereocenters. The molecule has 0 bridgehead atoms. The molecule has 0 radical (unpaired) electrons. The van der Waals surface area contributed by atoms with E-state index in [2.05, 4.69) is 19.9 Å². The Labute approximate surface area is 63.1 Å². The van der Waals surface area contributed by atoms with E-state index in [9.17, 15) is 0 Å². The van der Waals surface area contributed by atoms with Crippen molar-refractivity contribution in [3.05, 3.63) is 11.6 Å². The zero-order valence-electron chi connectivity index (χ0n) is 7.11. The molecule has 10 heavy (non-hydrogen) atoms. The number of hydrogen-bond donors (Lipinski definition) is 0. The Bertz CT molecular complexity index is 145. The molecular formula is C9H16O. The molecule has 0 N–H and O–H groups in total. The summed E-state index contributed by atoms with van der Waals surface area (Å²) >= 11 is 0. The van der Waals surface area contributed by atoms with Crippen molar-refractivity contribution in [2.75, 3.05) is 7.11 Å². The van der Waals surface area contributed by atoms with Crippen molar-refractivity contribution < 1.29 is 4.74 Å². The molecule has 0 aliphatic heterocycles. The predicted octanol–water partition coefficient (Wildman–Crippen LogP) is 2.52. The summed E-state index contributed by atoms with van der Waals surface area (Å²) < 4.78 is 5.35. The monoisotopic (exact) mass is 140 g/mol. The maximum absolute atomic E-state index is 5.35. The van der Waals surface area contributed by atoms with Gasteiger partial charge < -0.3 is 4.74 Å². The molecule has 0 aromatic carbocycles. The zero-order chi connectivity index (χ0) is 7.61. The van der Waals surface area contributed by atoms with Crippen molar-refractivity contribution in [1.82, 2.24) is 0 Å². The van der Waals surface area contributed by atoms with Crippen molar-refractivity contribution in [2.45, 2.75) is 38.7 Å². The van der Waals surface area contributed by atoms with E-state index in [-0.39, 0.29) is 5.60 Å². The van der Waals surface area contributed by atoms with Crippen molar-refractivity contribution >= 4 is 0 Å². The number of ether oxygens (including phenoxy) is 1. The quantitative estimate of drug-likeness (QED) is 0.535. The topological polar surface area (TPSA) is 9.23 Å². The standard InChI is InChI=1S/C9H16O/c1-9(2,10-3)8-6-4-5-7-8/h6H,4-5,7H2,1-3H3. The van der Waals surface area contributed by atoms with Crippen LogP contribution in [0.1, 0.15) is 33.1 Å². The second kappa shape index (κ2) is 2.75. The maximum atomic E-state index is 5.35. The van der Waals surface area contributed by atoms with Crippen molar-refractivity contribution in [1.29, 1.82) is 0 Å². The third-order valence-corrected chi connectivity index (χ3v) is 2.32. The number of hydrogen-bond acceptors (Lipinski definition) is 1. The van der Waals surface area contributed by atoms with Gasteiger partial charge in [-0.05, 0) is 38.7 Å². The van der Waals surface area contributed by atoms with E-state index in [0.29, 0.717) is 0 Å². The van der Waals surface area contributed by atoms with Crippen molar-refractivity contribution in [3.8, 4) is 0 Å². The third-order valence-electron chi connectivity index (χ3n) is 2.32. The maximum Gasteiger partial charge on any atom is 0.0831 e. The molecule has 0 spiro atoms. The SMILES string of the molecule is COC(C)(C)C1=CCCC1. The molecule has 0 fully saturated rings. The van der Waals surface area contributed by atoms with E-state index in [1.807, 2.05) is 0 Å². The van der Waals surface area contributed by atoms with Gasteiger partial charge in [0.25, 0.3) is 0 Å². The van der Waals surface area contributed by atoms with Crippen LogP contribution in [0.15, 0.2) is 11.6 Å². The van der Waals surface area contributed by atoms with Gasteiger partial charge >= 0.3 is 0 Å². The van der Waals surface area contributed by atoms with Gasteiger partial charge in [0.1, 0.15) is 0 Å². The van der Waals surface area contributed by atoms with Gasteiger partial charge in [0.2, 0.25) is 0 Å². The first kappa shape index (κ1) is 7.80. The molecule has 1 heteroatoms. The van der Waals surface area contributed by atoms with E-state index in [0.717, 1.165) is 0 Å². The van der Waals surface area contributed by atoms with E-state index in [4.69, 9.17) is 4.74 Å². The number of allylic oxidation sites excluding steroid dienone is 1. The molecule has 1 aliphatic rings. The lowest BCUT2D eigenvalue weighted by molar-refractivity contribution is 0.0531. The Morgan fingerprint density at radius 3 is 2.60 bits per heavy atom. The molecule has 0 heterocycles. The van der Waals surface area contributed by atoms with E-state index in [1.165, 1.54) is 24.8 Å². The molecule has 0 aromatic heterocycles. The summed E-state index contributed by atoms with van der Waals surface area (Å²) in [5, 5.41) is 0. The van der Waals surface area contributed by atoms with E-state index in [1.54, 1.807) is 7.11 Å². The fourth-order valence-corrected chi connectivity index (χ4v) is 1.35. The minimum absolute atomic E-state index is 0.0174. The van der Waals surface area contributed by atoms with Gasteiger partial charge in [-0.25, -0.2) is 0 Å². The molecule has 0 amide bonds. The second-order valence-corrected chi connectivity index (χ2v) is 3.34. The highest BCUT2D eigenvalue weighted by Gasteiger charge is 2.23. The highest BCUT2D eigenvalue weighted by molar-refractivity contribution is 5.17. The van der Waals surface area contributed by atoms with Crippen LogP contribution in [-0.4, -0.2) is 12.7 Å². The van der Waals surface area contributed by atoms with Gasteiger partial charge in [-0.3, -0.25) is 0 Å². The molecule has 1 rings (SSSR count). The summed E-state index contributed by atoms with van der Waals surface area (Å²) in [4.78, 5) is 0. The van der Waals surface area contributed by atoms with Gasteiger partial charge in [0.05, 0.1) is 5.60 Å². The van der Waals surface area contributed by atoms with Gasteiger partial charge in [0.15, 0.2) is 0 Å². The lowest BCUT2D eigenvalue weighted by Crippen LogP contribution is -2.24. The Morgan fingerprint density at radius 1 is 1.50 bits per heavy atom. The number of rotatable bonds is 2. The Balaban J connectivity index is 2.62. The average Bonchev–Trinajstić information content (AvgIpc) is 2.38. The molecule has 58 valence electrons. The molecular weight excluding hydrogens is 124 g/mol. The number of methoxy groups -OCH3 is 1. The van der Waals surface area contributed by atoms with Crippen LogP contribution in [0.4, 0.5) is 0 Å². The first-order chi connectivity index (χ1) is 4.67. The normalized spacial score (nSPS) is 19.3. The van der Waals surface area contributed by atoms with Crippen LogP contribution >= 0.6 is 0 Å². The van der Waals surface area contributed by atoms with Crippen LogP contribution in [0.3, 0.4) is 0 Å². The summed E-state index contributed by atoms with van der Waals surface area (Å²) in [6.07, 6.45) is 6.08. The summed E-state index contributed by atoms with van der Waals surface area (Å²) in [5.41, 5.74) is 1.45. The second-order valence-electron chi connectivity index (χ2n) is 3.34. The molecule has 1 aliphatic carbocycles. The van der Waals surface area contributed by atoms with Crippen LogP contribution in [0.5, 0.6) is 0 Å². The van der Waals surface area contributed by atoms with Crippen molar-refractivity contribution in [2.24, 2.45) is 0 Å². The minimum atomic E-state index is -0.0174. The van der Waals surface area contributed by atoms with Crippen molar-refractivity contribution in [3.63, 3.8) is 0 Å². The minimum Gasteiger partial charge on any atom is -0.374 e. The molecule has 0 saturated heterocycles. The van der Waals surface area contributed by atoms with Crippen LogP contribution in [0.25, 0.3) is 0 Å². The first-order valence-corrected chi connectivity index (χ1v) is 3.91. The van der Waals surface area contributed by atoms with Gasteiger partial charge in [-0.15, -0.1) is 0 Å². The highest BCUT2D eigenvalue weighted by atomic mass is 16.5. The van der Waals surface area contributed by atoms with Gasteiger partial charge in [0, 0.05) is 7.11 Å². The lowest BCUT2D eigenvalue weighted by Gasteiger charge is -2.24. The first-order valence-electron chi connectivity index (χ1n) is 3.91. The highest BCUT2D eigenvalue weighted by Crippen LogP contribution is 2.29. The lowest BCUT2D eigenvalue weighted by atomic mass is 9.98. The summed E-state index contributed by atoms with van der Waals surface area (Å²) in [6, 6.07) is 0.